The van der Waals surface area contributed by atoms with Gasteiger partial charge in [-0.15, -0.1) is 11.6 Å². The molecule has 0 heterocycles. The summed E-state index contributed by atoms with van der Waals surface area (Å²) in [6.45, 7) is 1.98. The smallest absolute Gasteiger partial charge is 0.160 e. The predicted molar refractivity (Wildman–Crippen MR) is 66.8 cm³/mol. The fourth-order valence-corrected chi connectivity index (χ4v) is 2.34. The summed E-state index contributed by atoms with van der Waals surface area (Å²) in [6, 6.07) is 5.15. The van der Waals surface area contributed by atoms with E-state index in [1.807, 2.05) is 13.0 Å². The predicted octanol–water partition coefficient (Wildman–Crippen LogP) is 5.03. The minimum atomic E-state index is -4.23. The van der Waals surface area contributed by atoms with Crippen molar-refractivity contribution in [1.29, 1.82) is 0 Å². The van der Waals surface area contributed by atoms with Gasteiger partial charge in [0, 0.05) is 10.8 Å². The van der Waals surface area contributed by atoms with Crippen LogP contribution in [0, 0.1) is 0 Å². The van der Waals surface area contributed by atoms with Crippen molar-refractivity contribution in [3.8, 4) is 0 Å². The Morgan fingerprint density at radius 3 is 2.53 bits per heavy atom. The van der Waals surface area contributed by atoms with Gasteiger partial charge in [0.1, 0.15) is 0 Å². The third-order valence-electron chi connectivity index (χ3n) is 2.34. The maximum Gasteiger partial charge on any atom is 0.446 e. The molecule has 1 aromatic rings. The van der Waals surface area contributed by atoms with Crippen molar-refractivity contribution in [2.75, 3.05) is 5.88 Å². The molecule has 0 spiro atoms. The molecule has 0 bridgehead atoms. The summed E-state index contributed by atoms with van der Waals surface area (Å²) in [4.78, 5) is 0.291. The Bertz CT molecular complexity index is 363. The van der Waals surface area contributed by atoms with Crippen LogP contribution >= 0.6 is 23.4 Å². The molecule has 17 heavy (non-hydrogen) atoms. The highest BCUT2D eigenvalue weighted by Gasteiger charge is 2.30. The Labute approximate surface area is 109 Å². The summed E-state index contributed by atoms with van der Waals surface area (Å²) in [6.07, 6.45) is 2.11. The van der Waals surface area contributed by atoms with Gasteiger partial charge in [-0.3, -0.25) is 0 Å². The molecule has 0 aliphatic carbocycles. The van der Waals surface area contributed by atoms with E-state index in [2.05, 4.69) is 0 Å². The molecule has 0 saturated heterocycles. The van der Waals surface area contributed by atoms with Crippen molar-refractivity contribution >= 4 is 23.4 Å². The molecule has 0 atom stereocenters. The summed E-state index contributed by atoms with van der Waals surface area (Å²) >= 11 is 5.54. The number of aryl methyl sites for hydroxylation is 2. The van der Waals surface area contributed by atoms with E-state index in [0.717, 1.165) is 17.5 Å². The summed E-state index contributed by atoms with van der Waals surface area (Å²) in [7, 11) is 0. The minimum absolute atomic E-state index is 0.0461. The van der Waals surface area contributed by atoms with E-state index in [0.29, 0.717) is 23.6 Å². The molecular formula is C12H14ClF3S. The molecular weight excluding hydrogens is 269 g/mol. The van der Waals surface area contributed by atoms with Crippen LogP contribution in [0.1, 0.15) is 24.5 Å². The molecule has 0 aromatic heterocycles. The molecule has 0 fully saturated rings. The third kappa shape index (κ3) is 5.21. The number of benzene rings is 1. The molecule has 96 valence electrons. The van der Waals surface area contributed by atoms with Crippen LogP contribution in [0.3, 0.4) is 0 Å². The monoisotopic (exact) mass is 282 g/mol. The normalized spacial score (nSPS) is 11.8. The summed E-state index contributed by atoms with van der Waals surface area (Å²) < 4.78 is 37.1. The largest absolute Gasteiger partial charge is 0.446 e. The highest BCUT2D eigenvalue weighted by atomic mass is 35.5. The molecule has 0 amide bonds. The van der Waals surface area contributed by atoms with Gasteiger partial charge in [0.15, 0.2) is 0 Å². The van der Waals surface area contributed by atoms with Gasteiger partial charge >= 0.3 is 5.51 Å². The van der Waals surface area contributed by atoms with E-state index >= 15 is 0 Å². The Morgan fingerprint density at radius 1 is 1.29 bits per heavy atom. The lowest BCUT2D eigenvalue weighted by Gasteiger charge is -2.12. The Hall–Kier alpha value is -0.350. The van der Waals surface area contributed by atoms with E-state index in [1.165, 1.54) is 0 Å². The first kappa shape index (κ1) is 14.7. The van der Waals surface area contributed by atoms with Crippen molar-refractivity contribution in [1.82, 2.24) is 0 Å². The topological polar surface area (TPSA) is 0 Å². The highest BCUT2D eigenvalue weighted by Crippen LogP contribution is 2.39. The lowest BCUT2D eigenvalue weighted by molar-refractivity contribution is -0.0328. The van der Waals surface area contributed by atoms with Crippen LogP contribution in [0.2, 0.25) is 0 Å². The third-order valence-corrected chi connectivity index (χ3v) is 3.46. The molecule has 0 saturated carbocycles. The second kappa shape index (κ2) is 6.55. The van der Waals surface area contributed by atoms with Crippen LogP contribution in [-0.2, 0) is 12.8 Å². The summed E-state index contributed by atoms with van der Waals surface area (Å²) in [5, 5.41) is 0. The van der Waals surface area contributed by atoms with E-state index < -0.39 is 5.51 Å². The van der Waals surface area contributed by atoms with Crippen LogP contribution in [0.25, 0.3) is 0 Å². The first-order valence-electron chi connectivity index (χ1n) is 5.39. The van der Waals surface area contributed by atoms with E-state index in [4.69, 9.17) is 11.6 Å². The SMILES string of the molecule is CCc1ccc(SC(F)(F)F)c(CCCCl)c1. The molecule has 0 nitrogen and oxygen atoms in total. The van der Waals surface area contributed by atoms with Crippen molar-refractivity contribution in [2.24, 2.45) is 0 Å². The van der Waals surface area contributed by atoms with Gasteiger partial charge in [-0.1, -0.05) is 19.1 Å². The van der Waals surface area contributed by atoms with Gasteiger partial charge in [0.2, 0.25) is 0 Å². The Balaban J connectivity index is 2.93. The fraction of sp³-hybridized carbons (Fsp3) is 0.500. The zero-order chi connectivity index (χ0) is 12.9. The zero-order valence-electron chi connectivity index (χ0n) is 9.48. The lowest BCUT2D eigenvalue weighted by atomic mass is 10.1. The van der Waals surface area contributed by atoms with E-state index in [1.54, 1.807) is 12.1 Å². The number of halogens is 4. The van der Waals surface area contributed by atoms with Crippen molar-refractivity contribution in [3.05, 3.63) is 29.3 Å². The molecule has 0 unspecified atom stereocenters. The first-order valence-corrected chi connectivity index (χ1v) is 6.75. The van der Waals surface area contributed by atoms with Crippen molar-refractivity contribution in [2.45, 2.75) is 36.6 Å². The van der Waals surface area contributed by atoms with Crippen LogP contribution in [0.15, 0.2) is 23.1 Å². The van der Waals surface area contributed by atoms with Crippen LogP contribution in [-0.4, -0.2) is 11.4 Å². The summed E-state index contributed by atoms with van der Waals surface area (Å²) in [5.74, 6) is 0.465. The zero-order valence-corrected chi connectivity index (χ0v) is 11.1. The standard InChI is InChI=1S/C12H14ClF3S/c1-2-9-5-6-11(17-12(14,15)16)10(8-9)4-3-7-13/h5-6,8H,2-4,7H2,1H3. The first-order chi connectivity index (χ1) is 7.96. The number of hydrogen-bond acceptors (Lipinski definition) is 1. The average Bonchev–Trinajstić information content (AvgIpc) is 2.26. The van der Waals surface area contributed by atoms with Gasteiger partial charge in [-0.25, -0.2) is 0 Å². The Morgan fingerprint density at radius 2 is 2.00 bits per heavy atom. The second-order valence-corrected chi connectivity index (χ2v) is 5.12. The van der Waals surface area contributed by atoms with E-state index in [-0.39, 0.29) is 11.8 Å². The number of alkyl halides is 4. The molecule has 0 radical (unpaired) electrons. The lowest BCUT2D eigenvalue weighted by Crippen LogP contribution is -2.02. The van der Waals surface area contributed by atoms with Crippen molar-refractivity contribution in [3.63, 3.8) is 0 Å². The number of hydrogen-bond donors (Lipinski definition) is 0. The van der Waals surface area contributed by atoms with Gasteiger partial charge in [0.05, 0.1) is 0 Å². The minimum Gasteiger partial charge on any atom is -0.160 e. The van der Waals surface area contributed by atoms with Gasteiger partial charge in [-0.2, -0.15) is 13.2 Å². The van der Waals surface area contributed by atoms with Gasteiger partial charge in [-0.05, 0) is 48.2 Å². The van der Waals surface area contributed by atoms with Gasteiger partial charge in [0.25, 0.3) is 0 Å². The average molecular weight is 283 g/mol. The maximum atomic E-state index is 12.4. The number of rotatable bonds is 5. The Kier molecular flexibility index (Phi) is 5.67. The maximum absolute atomic E-state index is 12.4. The quantitative estimate of drug-likeness (QED) is 0.539. The molecule has 0 aliphatic rings. The molecule has 1 rings (SSSR count). The number of thioether (sulfide) groups is 1. The van der Waals surface area contributed by atoms with Crippen LogP contribution in [0.4, 0.5) is 13.2 Å². The van der Waals surface area contributed by atoms with Crippen molar-refractivity contribution < 1.29 is 13.2 Å². The molecule has 1 aromatic carbocycles. The molecule has 0 aliphatic heterocycles. The van der Waals surface area contributed by atoms with Crippen LogP contribution in [0.5, 0.6) is 0 Å². The second-order valence-electron chi connectivity index (χ2n) is 3.64. The molecule has 0 N–H and O–H groups in total. The molecule has 5 heteroatoms. The van der Waals surface area contributed by atoms with Crippen LogP contribution < -0.4 is 0 Å². The highest BCUT2D eigenvalue weighted by molar-refractivity contribution is 8.00. The van der Waals surface area contributed by atoms with E-state index in [9.17, 15) is 13.2 Å². The summed E-state index contributed by atoms with van der Waals surface area (Å²) in [5.41, 5.74) is -2.43. The fourth-order valence-electron chi connectivity index (χ4n) is 1.53. The van der Waals surface area contributed by atoms with Gasteiger partial charge < -0.3 is 0 Å².